The van der Waals surface area contributed by atoms with Gasteiger partial charge in [0.2, 0.25) is 10.0 Å². The molecule has 1 aromatic heterocycles. The normalized spacial score (nSPS) is 17.4. The fourth-order valence-electron chi connectivity index (χ4n) is 2.61. The van der Waals surface area contributed by atoms with Crippen molar-refractivity contribution in [3.05, 3.63) is 6.20 Å². The minimum absolute atomic E-state index is 0.0780. The molecule has 1 aliphatic carbocycles. The van der Waals surface area contributed by atoms with Crippen LogP contribution in [0.3, 0.4) is 0 Å². The molecule has 0 saturated heterocycles. The molecule has 7 nitrogen and oxygen atoms in total. The van der Waals surface area contributed by atoms with Gasteiger partial charge in [0, 0.05) is 19.1 Å². The zero-order valence-electron chi connectivity index (χ0n) is 12.0. The van der Waals surface area contributed by atoms with Crippen LogP contribution in [0.25, 0.3) is 0 Å². The number of hydrogen-bond donors (Lipinski definition) is 2. The first-order valence-electron chi connectivity index (χ1n) is 6.88. The summed E-state index contributed by atoms with van der Waals surface area (Å²) in [5.74, 6) is 0.109. The molecule has 114 valence electrons. The lowest BCUT2D eigenvalue weighted by Crippen LogP contribution is -2.42. The van der Waals surface area contributed by atoms with Crippen LogP contribution in [0.2, 0.25) is 0 Å². The molecule has 0 spiro atoms. The average Bonchev–Trinajstić information content (AvgIpc) is 2.99. The van der Waals surface area contributed by atoms with Crippen LogP contribution in [0.1, 0.15) is 25.7 Å². The lowest BCUT2D eigenvalue weighted by Gasteiger charge is -2.28. The van der Waals surface area contributed by atoms with Gasteiger partial charge < -0.3 is 10.6 Å². The molecular formula is C12H23N5O2S. The predicted molar refractivity (Wildman–Crippen MR) is 77.7 cm³/mol. The maximum Gasteiger partial charge on any atom is 0.248 e. The number of nitrogens with zero attached hydrogens (tertiary/aromatic N) is 3. The second-order valence-electron chi connectivity index (χ2n) is 5.51. The van der Waals surface area contributed by atoms with Crippen LogP contribution in [0.15, 0.2) is 11.1 Å². The summed E-state index contributed by atoms with van der Waals surface area (Å²) in [6.07, 6.45) is 5.30. The number of nitrogens with two attached hydrogens (primary N) is 1. The summed E-state index contributed by atoms with van der Waals surface area (Å²) in [7, 11) is 0.293. The lowest BCUT2D eigenvalue weighted by molar-refractivity contribution is 0.282. The van der Waals surface area contributed by atoms with Gasteiger partial charge in [-0.3, -0.25) is 5.10 Å². The fraction of sp³-hybridized carbons (Fsp3) is 0.750. The Hall–Kier alpha value is -1.12. The molecule has 0 unspecified atom stereocenters. The van der Waals surface area contributed by atoms with Gasteiger partial charge in [-0.1, -0.05) is 12.8 Å². The van der Waals surface area contributed by atoms with Crippen molar-refractivity contribution in [1.82, 2.24) is 19.4 Å². The van der Waals surface area contributed by atoms with Gasteiger partial charge in [0.15, 0.2) is 0 Å². The summed E-state index contributed by atoms with van der Waals surface area (Å²) in [6, 6.07) is 0.0780. The molecule has 2 rings (SSSR count). The molecule has 1 saturated carbocycles. The van der Waals surface area contributed by atoms with Crippen LogP contribution in [0, 0.1) is 0 Å². The van der Waals surface area contributed by atoms with Crippen molar-refractivity contribution in [3.63, 3.8) is 0 Å². The third-order valence-electron chi connectivity index (χ3n) is 3.72. The van der Waals surface area contributed by atoms with Crippen LogP contribution in [-0.4, -0.2) is 61.0 Å². The fourth-order valence-corrected chi connectivity index (χ4v) is 4.29. The van der Waals surface area contributed by atoms with E-state index < -0.39 is 10.0 Å². The van der Waals surface area contributed by atoms with Crippen molar-refractivity contribution in [2.24, 2.45) is 0 Å². The minimum atomic E-state index is -3.58. The van der Waals surface area contributed by atoms with Gasteiger partial charge in [0.1, 0.15) is 10.7 Å². The van der Waals surface area contributed by atoms with Gasteiger partial charge in [-0.05, 0) is 26.9 Å². The van der Waals surface area contributed by atoms with E-state index in [4.69, 9.17) is 5.73 Å². The van der Waals surface area contributed by atoms with Crippen LogP contribution in [0.5, 0.6) is 0 Å². The molecule has 0 aromatic carbocycles. The van der Waals surface area contributed by atoms with Gasteiger partial charge in [-0.25, -0.2) is 8.42 Å². The van der Waals surface area contributed by atoms with Crippen molar-refractivity contribution in [2.45, 2.75) is 36.6 Å². The quantitative estimate of drug-likeness (QED) is 0.797. The van der Waals surface area contributed by atoms with E-state index in [-0.39, 0.29) is 16.8 Å². The van der Waals surface area contributed by atoms with E-state index in [2.05, 4.69) is 10.2 Å². The van der Waals surface area contributed by atoms with Crippen LogP contribution in [-0.2, 0) is 10.0 Å². The number of nitrogens with one attached hydrogen (secondary N) is 1. The zero-order valence-corrected chi connectivity index (χ0v) is 12.9. The molecule has 0 amide bonds. The highest BCUT2D eigenvalue weighted by atomic mass is 32.2. The molecule has 1 aliphatic rings. The maximum absolute atomic E-state index is 12.8. The topological polar surface area (TPSA) is 95.3 Å². The number of H-pyrrole nitrogens is 1. The number of rotatable bonds is 6. The van der Waals surface area contributed by atoms with Crippen LogP contribution >= 0.6 is 0 Å². The van der Waals surface area contributed by atoms with E-state index in [0.717, 1.165) is 25.7 Å². The Morgan fingerprint density at radius 2 is 2.00 bits per heavy atom. The Bertz CT molecular complexity index is 534. The molecule has 0 aliphatic heterocycles. The SMILES string of the molecule is CN(C)CCN(C1CCCC1)S(=O)(=O)c1cn[nH]c1N. The third-order valence-corrected chi connectivity index (χ3v) is 5.70. The highest BCUT2D eigenvalue weighted by molar-refractivity contribution is 7.89. The monoisotopic (exact) mass is 301 g/mol. The summed E-state index contributed by atoms with van der Waals surface area (Å²) in [6.45, 7) is 1.16. The van der Waals surface area contributed by atoms with E-state index >= 15 is 0 Å². The Morgan fingerprint density at radius 1 is 1.35 bits per heavy atom. The predicted octanol–water partition coefficient (Wildman–Crippen LogP) is 0.487. The third kappa shape index (κ3) is 3.13. The number of sulfonamides is 1. The van der Waals surface area contributed by atoms with E-state index in [9.17, 15) is 8.42 Å². The standard InChI is InChI=1S/C12H23N5O2S/c1-16(2)7-8-17(10-5-3-4-6-10)20(18,19)11-9-14-15-12(11)13/h9-10H,3-8H2,1-2H3,(H3,13,14,15). The van der Waals surface area contributed by atoms with Gasteiger partial charge in [-0.2, -0.15) is 9.40 Å². The highest BCUT2D eigenvalue weighted by Crippen LogP contribution is 2.29. The van der Waals surface area contributed by atoms with Gasteiger partial charge >= 0.3 is 0 Å². The summed E-state index contributed by atoms with van der Waals surface area (Å²) in [5.41, 5.74) is 5.68. The van der Waals surface area contributed by atoms with Gasteiger partial charge in [0.25, 0.3) is 0 Å². The summed E-state index contributed by atoms with van der Waals surface area (Å²) in [4.78, 5) is 2.07. The Kier molecular flexibility index (Phi) is 4.66. The molecule has 1 aromatic rings. The molecule has 1 fully saturated rings. The van der Waals surface area contributed by atoms with Crippen molar-refractivity contribution in [3.8, 4) is 0 Å². The van der Waals surface area contributed by atoms with Gasteiger partial charge in [0.05, 0.1) is 6.20 Å². The van der Waals surface area contributed by atoms with E-state index in [1.807, 2.05) is 19.0 Å². The molecule has 0 radical (unpaired) electrons. The molecule has 0 bridgehead atoms. The van der Waals surface area contributed by atoms with Crippen molar-refractivity contribution in [1.29, 1.82) is 0 Å². The second kappa shape index (κ2) is 6.11. The first-order valence-corrected chi connectivity index (χ1v) is 8.32. The number of anilines is 1. The Balaban J connectivity index is 2.27. The molecule has 0 atom stereocenters. The largest absolute Gasteiger partial charge is 0.383 e. The molecular weight excluding hydrogens is 278 g/mol. The van der Waals surface area contributed by atoms with E-state index in [1.54, 1.807) is 4.31 Å². The minimum Gasteiger partial charge on any atom is -0.383 e. The maximum atomic E-state index is 12.8. The first kappa shape index (κ1) is 15.3. The Morgan fingerprint density at radius 3 is 2.50 bits per heavy atom. The molecule has 20 heavy (non-hydrogen) atoms. The van der Waals surface area contributed by atoms with Gasteiger partial charge in [-0.15, -0.1) is 0 Å². The van der Waals surface area contributed by atoms with Crippen molar-refractivity contribution < 1.29 is 8.42 Å². The number of likely N-dealkylation sites (N-methyl/N-ethyl adjacent to an activating group) is 1. The number of aromatic amines is 1. The first-order chi connectivity index (χ1) is 9.43. The number of hydrogen-bond acceptors (Lipinski definition) is 5. The lowest BCUT2D eigenvalue weighted by atomic mass is 10.2. The van der Waals surface area contributed by atoms with Crippen LogP contribution in [0.4, 0.5) is 5.82 Å². The van der Waals surface area contributed by atoms with E-state index in [1.165, 1.54) is 6.20 Å². The smallest absolute Gasteiger partial charge is 0.248 e. The summed E-state index contributed by atoms with van der Waals surface area (Å²) in [5, 5.41) is 6.22. The number of aromatic nitrogens is 2. The summed E-state index contributed by atoms with van der Waals surface area (Å²) >= 11 is 0. The second-order valence-corrected chi connectivity index (χ2v) is 7.36. The average molecular weight is 301 g/mol. The molecule has 3 N–H and O–H groups in total. The van der Waals surface area contributed by atoms with Crippen molar-refractivity contribution in [2.75, 3.05) is 32.9 Å². The number of nitrogen functional groups attached to an aromatic ring is 1. The van der Waals surface area contributed by atoms with Crippen LogP contribution < -0.4 is 5.73 Å². The van der Waals surface area contributed by atoms with Crippen molar-refractivity contribution >= 4 is 15.8 Å². The highest BCUT2D eigenvalue weighted by Gasteiger charge is 2.34. The van der Waals surface area contributed by atoms with E-state index in [0.29, 0.717) is 13.1 Å². The molecule has 1 heterocycles. The Labute approximate surface area is 120 Å². The zero-order chi connectivity index (χ0) is 14.8. The summed E-state index contributed by atoms with van der Waals surface area (Å²) < 4.78 is 27.2. The molecule has 8 heteroatoms.